The highest BCUT2D eigenvalue weighted by Gasteiger charge is 2.30. The van der Waals surface area contributed by atoms with Crippen LogP contribution in [0.3, 0.4) is 0 Å². The van der Waals surface area contributed by atoms with E-state index in [1.165, 1.54) is 11.9 Å². The number of piperazine rings is 1. The Labute approximate surface area is 220 Å². The van der Waals surface area contributed by atoms with Gasteiger partial charge in [-0.15, -0.1) is 0 Å². The minimum absolute atomic E-state index is 0.324. The number of hydrogen-bond donors (Lipinski definition) is 0. The SMILES string of the molecule is CC(C)N1C[C@@H](C)N(c2ccc(-c3cnc4cc(-c5ccc(S(C)(=O)=O)cc5)n(C)c4c3)cc2)[C@@H](C)C1. The molecule has 0 spiro atoms. The molecule has 0 N–H and O–H groups in total. The van der Waals surface area contributed by atoms with E-state index in [1.54, 1.807) is 12.1 Å². The molecule has 194 valence electrons. The zero-order valence-electron chi connectivity index (χ0n) is 22.5. The van der Waals surface area contributed by atoms with Crippen LogP contribution >= 0.6 is 0 Å². The number of sulfone groups is 1. The fourth-order valence-electron chi connectivity index (χ4n) is 5.63. The fourth-order valence-corrected chi connectivity index (χ4v) is 6.26. The first kappa shape index (κ1) is 25.5. The van der Waals surface area contributed by atoms with Crippen LogP contribution in [0.5, 0.6) is 0 Å². The number of hydrogen-bond acceptors (Lipinski definition) is 5. The molecule has 0 unspecified atom stereocenters. The largest absolute Gasteiger partial charge is 0.364 e. The first-order valence-electron chi connectivity index (χ1n) is 12.9. The summed E-state index contributed by atoms with van der Waals surface area (Å²) in [7, 11) is -1.20. The molecule has 1 fully saturated rings. The lowest BCUT2D eigenvalue weighted by Crippen LogP contribution is -2.58. The minimum Gasteiger partial charge on any atom is -0.364 e. The topological polar surface area (TPSA) is 58.4 Å². The second kappa shape index (κ2) is 9.62. The van der Waals surface area contributed by atoms with Crippen LogP contribution < -0.4 is 4.90 Å². The lowest BCUT2D eigenvalue weighted by molar-refractivity contribution is 0.161. The first-order valence-corrected chi connectivity index (χ1v) is 14.8. The van der Waals surface area contributed by atoms with Crippen molar-refractivity contribution in [2.75, 3.05) is 24.2 Å². The summed E-state index contributed by atoms with van der Waals surface area (Å²) in [6.45, 7) is 11.4. The van der Waals surface area contributed by atoms with Crippen molar-refractivity contribution in [3.8, 4) is 22.4 Å². The number of nitrogens with zero attached hydrogens (tertiary/aromatic N) is 4. The van der Waals surface area contributed by atoms with Crippen LogP contribution in [0, 0.1) is 0 Å². The van der Waals surface area contributed by atoms with Crippen LogP contribution in [0.1, 0.15) is 27.7 Å². The second-order valence-electron chi connectivity index (χ2n) is 10.7. The zero-order valence-corrected chi connectivity index (χ0v) is 23.3. The van der Waals surface area contributed by atoms with Crippen LogP contribution in [0.25, 0.3) is 33.4 Å². The summed E-state index contributed by atoms with van der Waals surface area (Å²) in [5, 5.41) is 0. The van der Waals surface area contributed by atoms with Gasteiger partial charge in [-0.3, -0.25) is 9.88 Å². The van der Waals surface area contributed by atoms with Gasteiger partial charge in [-0.05, 0) is 75.2 Å². The van der Waals surface area contributed by atoms with Crippen molar-refractivity contribution in [2.45, 2.75) is 50.7 Å². The molecular formula is C30H36N4O2S. The highest BCUT2D eigenvalue weighted by atomic mass is 32.2. The lowest BCUT2D eigenvalue weighted by Gasteiger charge is -2.47. The van der Waals surface area contributed by atoms with Crippen molar-refractivity contribution >= 4 is 26.6 Å². The van der Waals surface area contributed by atoms with Crippen LogP contribution in [0.15, 0.2) is 71.8 Å². The predicted molar refractivity (Wildman–Crippen MR) is 153 cm³/mol. The van der Waals surface area contributed by atoms with E-state index in [0.717, 1.165) is 46.5 Å². The molecule has 6 nitrogen and oxygen atoms in total. The maximum absolute atomic E-state index is 11.8. The number of rotatable bonds is 5. The lowest BCUT2D eigenvalue weighted by atomic mass is 10.0. The van der Waals surface area contributed by atoms with Crippen LogP contribution in [-0.4, -0.2) is 60.3 Å². The third kappa shape index (κ3) is 4.90. The van der Waals surface area contributed by atoms with Gasteiger partial charge >= 0.3 is 0 Å². The fraction of sp³-hybridized carbons (Fsp3) is 0.367. The van der Waals surface area contributed by atoms with E-state index in [1.807, 2.05) is 25.4 Å². The van der Waals surface area contributed by atoms with Crippen molar-refractivity contribution in [3.05, 3.63) is 66.9 Å². The number of benzene rings is 2. The highest BCUT2D eigenvalue weighted by molar-refractivity contribution is 7.90. The van der Waals surface area contributed by atoms with E-state index in [4.69, 9.17) is 4.98 Å². The molecule has 2 aromatic heterocycles. The molecule has 0 bridgehead atoms. The predicted octanol–water partition coefficient (Wildman–Crippen LogP) is 5.62. The third-order valence-corrected chi connectivity index (χ3v) is 8.78. The minimum atomic E-state index is -3.22. The Morgan fingerprint density at radius 1 is 0.865 bits per heavy atom. The van der Waals surface area contributed by atoms with Gasteiger partial charge in [-0.25, -0.2) is 8.42 Å². The quantitative estimate of drug-likeness (QED) is 0.345. The normalized spacial score (nSPS) is 19.2. The zero-order chi connectivity index (χ0) is 26.5. The smallest absolute Gasteiger partial charge is 0.175 e. The number of fused-ring (bicyclic) bond motifs is 1. The summed E-state index contributed by atoms with van der Waals surface area (Å²) >= 11 is 0. The highest BCUT2D eigenvalue weighted by Crippen LogP contribution is 2.32. The van der Waals surface area contributed by atoms with Gasteiger partial charge in [0.1, 0.15) is 0 Å². The molecule has 2 atom stereocenters. The Kier molecular flexibility index (Phi) is 6.62. The molecule has 1 saturated heterocycles. The summed E-state index contributed by atoms with van der Waals surface area (Å²) in [6, 6.07) is 21.6. The van der Waals surface area contributed by atoms with Crippen LogP contribution in [-0.2, 0) is 16.9 Å². The van der Waals surface area contributed by atoms with E-state index < -0.39 is 9.84 Å². The summed E-state index contributed by atoms with van der Waals surface area (Å²) in [4.78, 5) is 10.2. The van der Waals surface area contributed by atoms with Gasteiger partial charge in [0.2, 0.25) is 0 Å². The van der Waals surface area contributed by atoms with Gasteiger partial charge in [0.15, 0.2) is 9.84 Å². The van der Waals surface area contributed by atoms with Crippen molar-refractivity contribution in [3.63, 3.8) is 0 Å². The molecule has 0 saturated carbocycles. The average Bonchev–Trinajstić information content (AvgIpc) is 3.19. The summed E-state index contributed by atoms with van der Waals surface area (Å²) in [5.74, 6) is 0. The van der Waals surface area contributed by atoms with Crippen molar-refractivity contribution in [1.82, 2.24) is 14.5 Å². The molecule has 1 aliphatic heterocycles. The Morgan fingerprint density at radius 2 is 1.46 bits per heavy atom. The van der Waals surface area contributed by atoms with Gasteiger partial charge in [-0.1, -0.05) is 24.3 Å². The van der Waals surface area contributed by atoms with E-state index in [0.29, 0.717) is 23.0 Å². The maximum atomic E-state index is 11.8. The molecule has 0 radical (unpaired) electrons. The van der Waals surface area contributed by atoms with Crippen molar-refractivity contribution < 1.29 is 8.42 Å². The van der Waals surface area contributed by atoms with E-state index in [-0.39, 0.29) is 0 Å². The average molecular weight is 517 g/mol. The van der Waals surface area contributed by atoms with Crippen molar-refractivity contribution in [2.24, 2.45) is 7.05 Å². The van der Waals surface area contributed by atoms with Gasteiger partial charge in [-0.2, -0.15) is 0 Å². The van der Waals surface area contributed by atoms with Crippen LogP contribution in [0.4, 0.5) is 5.69 Å². The van der Waals surface area contributed by atoms with E-state index in [2.05, 4.69) is 78.5 Å². The van der Waals surface area contributed by atoms with Gasteiger partial charge in [0, 0.05) is 62.0 Å². The van der Waals surface area contributed by atoms with Gasteiger partial charge in [0.05, 0.1) is 21.6 Å². The standard InChI is InChI=1S/C30H36N4O2S/c1-20(2)33-18-21(3)34(22(4)19-33)26-11-7-23(8-12-26)25-15-30-28(31-17-25)16-29(32(30)5)24-9-13-27(14-10-24)37(6,35)36/h7-17,20-22H,18-19H2,1-6H3/t21-,22+. The Hall–Kier alpha value is -3.16. The molecule has 3 heterocycles. The molecule has 5 rings (SSSR count). The summed E-state index contributed by atoms with van der Waals surface area (Å²) < 4.78 is 25.8. The number of anilines is 1. The second-order valence-corrected chi connectivity index (χ2v) is 12.7. The van der Waals surface area contributed by atoms with Crippen LogP contribution in [0.2, 0.25) is 0 Å². The molecule has 7 heteroatoms. The van der Waals surface area contributed by atoms with E-state index >= 15 is 0 Å². The summed E-state index contributed by atoms with van der Waals surface area (Å²) in [5.41, 5.74) is 7.38. The van der Waals surface area contributed by atoms with Crippen molar-refractivity contribution in [1.29, 1.82) is 0 Å². The monoisotopic (exact) mass is 516 g/mol. The maximum Gasteiger partial charge on any atom is 0.175 e. The Morgan fingerprint density at radius 3 is 2.03 bits per heavy atom. The van der Waals surface area contributed by atoms with E-state index in [9.17, 15) is 8.42 Å². The Balaban J connectivity index is 1.41. The number of aromatic nitrogens is 2. The third-order valence-electron chi connectivity index (χ3n) is 7.65. The Bertz CT molecular complexity index is 1510. The molecular weight excluding hydrogens is 480 g/mol. The molecule has 2 aromatic carbocycles. The van der Waals surface area contributed by atoms with Gasteiger partial charge in [0.25, 0.3) is 0 Å². The molecule has 1 aliphatic rings. The molecule has 0 amide bonds. The number of aryl methyl sites for hydroxylation is 1. The van der Waals surface area contributed by atoms with Gasteiger partial charge < -0.3 is 9.47 Å². The molecule has 4 aromatic rings. The molecule has 37 heavy (non-hydrogen) atoms. The molecule has 0 aliphatic carbocycles. The summed E-state index contributed by atoms with van der Waals surface area (Å²) in [6.07, 6.45) is 3.16. The first-order chi connectivity index (χ1) is 17.5. The number of pyridine rings is 1.